The fourth-order valence-electron chi connectivity index (χ4n) is 3.64. The number of benzene rings is 1. The number of ketones is 2. The van der Waals surface area contributed by atoms with Crippen molar-refractivity contribution in [3.63, 3.8) is 0 Å². The van der Waals surface area contributed by atoms with E-state index in [1.807, 2.05) is 0 Å². The Hall–Kier alpha value is -2.25. The van der Waals surface area contributed by atoms with Gasteiger partial charge in [0.15, 0.2) is 23.1 Å². The van der Waals surface area contributed by atoms with Crippen LogP contribution in [0.5, 0.6) is 0 Å². The third-order valence-corrected chi connectivity index (χ3v) is 4.95. The third kappa shape index (κ3) is 3.69. The molecule has 0 bridgehead atoms. The molecule has 0 saturated carbocycles. The molecule has 2 aliphatic rings. The summed E-state index contributed by atoms with van der Waals surface area (Å²) in [5, 5.41) is 2.67. The number of nitrogens with one attached hydrogen (secondary N) is 1. The first-order chi connectivity index (χ1) is 13.0. The number of hydrogen-bond donors (Lipinski definition) is 1. The second kappa shape index (κ2) is 7.29. The van der Waals surface area contributed by atoms with Crippen LogP contribution in [0.15, 0.2) is 18.2 Å². The fourth-order valence-corrected chi connectivity index (χ4v) is 3.81. The van der Waals surface area contributed by atoms with Crippen molar-refractivity contribution in [2.75, 3.05) is 13.2 Å². The highest BCUT2D eigenvalue weighted by Gasteiger charge is 2.56. The van der Waals surface area contributed by atoms with Crippen LogP contribution < -0.4 is 5.32 Å². The number of amides is 1. The van der Waals surface area contributed by atoms with E-state index in [1.54, 1.807) is 32.9 Å². The van der Waals surface area contributed by atoms with E-state index in [-0.39, 0.29) is 5.56 Å². The normalized spacial score (nSPS) is 24.2. The smallest absolute Gasteiger partial charge is 0.325 e. The van der Waals surface area contributed by atoms with Gasteiger partial charge in [-0.1, -0.05) is 17.7 Å². The minimum atomic E-state index is -1.59. The molecular weight excluding hydrogens is 386 g/mol. The molecule has 1 amide bonds. The Bertz CT molecular complexity index is 851. The summed E-state index contributed by atoms with van der Waals surface area (Å²) in [4.78, 5) is 50.6. The molecule has 1 aliphatic carbocycles. The average molecular weight is 408 g/mol. The first-order valence-corrected chi connectivity index (χ1v) is 9.45. The maximum atomic E-state index is 13.2. The Morgan fingerprint density at radius 1 is 1.32 bits per heavy atom. The largest absolute Gasteiger partial charge is 0.459 e. The molecule has 2 unspecified atom stereocenters. The second-order valence-corrected chi connectivity index (χ2v) is 8.37. The van der Waals surface area contributed by atoms with E-state index in [9.17, 15) is 19.2 Å². The standard InChI is InChI=1S/C20H22ClNO6/c1-19(2,3)28-14(23)10-22-18(26)15-16(24)12-9-11(21)5-6-13(12)20(17(15)25)7-4-8-27-20/h5-6,9,15H,4,7-8,10H2,1-3H3,(H,22,26). The van der Waals surface area contributed by atoms with Gasteiger partial charge in [0.2, 0.25) is 5.91 Å². The Morgan fingerprint density at radius 2 is 2.04 bits per heavy atom. The van der Waals surface area contributed by atoms with Gasteiger partial charge < -0.3 is 14.8 Å². The predicted octanol–water partition coefficient (Wildman–Crippen LogP) is 2.19. The second-order valence-electron chi connectivity index (χ2n) is 7.93. The van der Waals surface area contributed by atoms with Gasteiger partial charge >= 0.3 is 5.97 Å². The van der Waals surface area contributed by atoms with Gasteiger partial charge in [-0.2, -0.15) is 0 Å². The van der Waals surface area contributed by atoms with E-state index in [4.69, 9.17) is 21.1 Å². The molecule has 1 aliphatic heterocycles. The summed E-state index contributed by atoms with van der Waals surface area (Å²) >= 11 is 6.03. The van der Waals surface area contributed by atoms with Crippen LogP contribution in [-0.2, 0) is 29.5 Å². The predicted molar refractivity (Wildman–Crippen MR) is 100.0 cm³/mol. The Balaban J connectivity index is 1.87. The van der Waals surface area contributed by atoms with E-state index >= 15 is 0 Å². The highest BCUT2D eigenvalue weighted by molar-refractivity contribution is 6.33. The maximum Gasteiger partial charge on any atom is 0.325 e. The van der Waals surface area contributed by atoms with E-state index in [2.05, 4.69) is 5.32 Å². The minimum Gasteiger partial charge on any atom is -0.459 e. The lowest BCUT2D eigenvalue weighted by atomic mass is 9.70. The molecule has 1 aromatic carbocycles. The zero-order valence-electron chi connectivity index (χ0n) is 16.0. The quantitative estimate of drug-likeness (QED) is 0.609. The summed E-state index contributed by atoms with van der Waals surface area (Å²) < 4.78 is 10.9. The van der Waals surface area contributed by atoms with Crippen molar-refractivity contribution in [3.8, 4) is 0 Å². The molecule has 1 fully saturated rings. The first-order valence-electron chi connectivity index (χ1n) is 9.07. The summed E-state index contributed by atoms with van der Waals surface area (Å²) in [7, 11) is 0. The minimum absolute atomic E-state index is 0.200. The number of ether oxygens (including phenoxy) is 2. The number of rotatable bonds is 3. The van der Waals surface area contributed by atoms with Crippen molar-refractivity contribution >= 4 is 35.0 Å². The van der Waals surface area contributed by atoms with Crippen LogP contribution in [0.3, 0.4) is 0 Å². The summed E-state index contributed by atoms with van der Waals surface area (Å²) in [6.07, 6.45) is 1.01. The van der Waals surface area contributed by atoms with Gasteiger partial charge in [-0.05, 0) is 45.7 Å². The van der Waals surface area contributed by atoms with E-state index in [0.29, 0.717) is 30.0 Å². The highest BCUT2D eigenvalue weighted by Crippen LogP contribution is 2.45. The molecule has 1 saturated heterocycles. The molecule has 2 atom stereocenters. The van der Waals surface area contributed by atoms with Crippen LogP contribution >= 0.6 is 11.6 Å². The number of Topliss-reactive ketones (excluding diaryl/α,β-unsaturated/α-hetero) is 2. The van der Waals surface area contributed by atoms with Crippen LogP contribution in [0, 0.1) is 5.92 Å². The monoisotopic (exact) mass is 407 g/mol. The number of hydrogen-bond acceptors (Lipinski definition) is 6. The summed E-state index contributed by atoms with van der Waals surface area (Å²) in [5.41, 5.74) is -1.40. The molecule has 0 radical (unpaired) electrons. The number of carbonyl (C=O) groups excluding carboxylic acids is 4. The molecule has 7 nitrogen and oxygen atoms in total. The Kier molecular flexibility index (Phi) is 5.34. The van der Waals surface area contributed by atoms with Gasteiger partial charge in [-0.3, -0.25) is 19.2 Å². The molecule has 150 valence electrons. The number of esters is 1. The van der Waals surface area contributed by atoms with Gasteiger partial charge in [0.1, 0.15) is 12.1 Å². The molecular formula is C20H22ClNO6. The van der Waals surface area contributed by atoms with Gasteiger partial charge in [-0.25, -0.2) is 0 Å². The summed E-state index contributed by atoms with van der Waals surface area (Å²) in [6, 6.07) is 4.64. The Labute approximate surface area is 167 Å². The van der Waals surface area contributed by atoms with Crippen molar-refractivity contribution in [1.29, 1.82) is 0 Å². The van der Waals surface area contributed by atoms with E-state index < -0.39 is 47.1 Å². The fraction of sp³-hybridized carbons (Fsp3) is 0.500. The van der Waals surface area contributed by atoms with Gasteiger partial charge in [0, 0.05) is 22.8 Å². The zero-order chi connectivity index (χ0) is 20.7. The zero-order valence-corrected chi connectivity index (χ0v) is 16.7. The maximum absolute atomic E-state index is 13.2. The number of fused-ring (bicyclic) bond motifs is 2. The summed E-state index contributed by atoms with van der Waals surface area (Å²) in [6.45, 7) is 5.01. The molecule has 28 heavy (non-hydrogen) atoms. The van der Waals surface area contributed by atoms with Crippen LogP contribution in [0.4, 0.5) is 0 Å². The average Bonchev–Trinajstić information content (AvgIpc) is 3.08. The lowest BCUT2D eigenvalue weighted by Gasteiger charge is -2.36. The molecule has 1 aromatic rings. The lowest BCUT2D eigenvalue weighted by molar-refractivity contribution is -0.156. The Morgan fingerprint density at radius 3 is 2.64 bits per heavy atom. The molecule has 1 heterocycles. The topological polar surface area (TPSA) is 98.8 Å². The molecule has 8 heteroatoms. The molecule has 0 aromatic heterocycles. The van der Waals surface area contributed by atoms with Crippen LogP contribution in [-0.4, -0.2) is 42.2 Å². The third-order valence-electron chi connectivity index (χ3n) is 4.72. The van der Waals surface area contributed by atoms with Crippen molar-refractivity contribution in [3.05, 3.63) is 34.3 Å². The van der Waals surface area contributed by atoms with Crippen LogP contribution in [0.25, 0.3) is 0 Å². The van der Waals surface area contributed by atoms with Crippen molar-refractivity contribution < 1.29 is 28.7 Å². The van der Waals surface area contributed by atoms with Crippen molar-refractivity contribution in [1.82, 2.24) is 5.32 Å². The van der Waals surface area contributed by atoms with Crippen molar-refractivity contribution in [2.45, 2.75) is 44.8 Å². The van der Waals surface area contributed by atoms with Gasteiger partial charge in [-0.15, -0.1) is 0 Å². The van der Waals surface area contributed by atoms with Crippen molar-refractivity contribution in [2.24, 2.45) is 5.92 Å². The van der Waals surface area contributed by atoms with E-state index in [0.717, 1.165) is 0 Å². The SMILES string of the molecule is CC(C)(C)OC(=O)CNC(=O)C1C(=O)c2cc(Cl)ccc2C2(CCCO2)C1=O. The van der Waals surface area contributed by atoms with E-state index in [1.165, 1.54) is 6.07 Å². The molecule has 1 spiro atoms. The van der Waals surface area contributed by atoms with Crippen LogP contribution in [0.1, 0.15) is 49.5 Å². The lowest BCUT2D eigenvalue weighted by Crippen LogP contribution is -2.53. The molecule has 3 rings (SSSR count). The van der Waals surface area contributed by atoms with Gasteiger partial charge in [0.25, 0.3) is 0 Å². The summed E-state index contributed by atoms with van der Waals surface area (Å²) in [5.74, 6) is -4.35. The van der Waals surface area contributed by atoms with Gasteiger partial charge in [0.05, 0.1) is 0 Å². The number of halogens is 1. The number of carbonyl (C=O) groups is 4. The first kappa shape index (κ1) is 20.5. The van der Waals surface area contributed by atoms with Crippen LogP contribution in [0.2, 0.25) is 5.02 Å². The highest BCUT2D eigenvalue weighted by atomic mass is 35.5. The molecule has 1 N–H and O–H groups in total.